The molecule has 0 aromatic carbocycles. The van der Waals surface area contributed by atoms with Gasteiger partial charge in [0.15, 0.2) is 0 Å². The van der Waals surface area contributed by atoms with E-state index in [0.29, 0.717) is 6.04 Å². The van der Waals surface area contributed by atoms with Crippen molar-refractivity contribution >= 4 is 27.4 Å². The number of aryl methyl sites for hydroxylation is 1. The first-order valence-corrected chi connectivity index (χ1v) is 8.85. The van der Waals surface area contributed by atoms with E-state index in [-0.39, 0.29) is 0 Å². The molecule has 4 rings (SSSR count). The first kappa shape index (κ1) is 13.5. The van der Waals surface area contributed by atoms with Crippen molar-refractivity contribution in [2.45, 2.75) is 45.2 Å². The summed E-state index contributed by atoms with van der Waals surface area (Å²) < 4.78 is 1.26. The molecule has 0 bridgehead atoms. The Morgan fingerprint density at radius 3 is 3.10 bits per heavy atom. The highest BCUT2D eigenvalue weighted by Gasteiger charge is 2.36. The van der Waals surface area contributed by atoms with E-state index >= 15 is 0 Å². The molecule has 0 saturated carbocycles. The van der Waals surface area contributed by atoms with Crippen molar-refractivity contribution in [1.82, 2.24) is 14.9 Å². The summed E-state index contributed by atoms with van der Waals surface area (Å²) in [5.74, 6) is 1.16. The van der Waals surface area contributed by atoms with Crippen molar-refractivity contribution in [3.8, 4) is 0 Å². The van der Waals surface area contributed by atoms with Crippen LogP contribution in [0.3, 0.4) is 0 Å². The minimum Gasteiger partial charge on any atom is -0.349 e. The molecule has 4 nitrogen and oxygen atoms in total. The van der Waals surface area contributed by atoms with Gasteiger partial charge < -0.3 is 4.90 Å². The van der Waals surface area contributed by atoms with Gasteiger partial charge in [-0.1, -0.05) is 6.92 Å². The molecule has 0 N–H and O–H groups in total. The SMILES string of the molecule is CC[C@H]1CN2CCC[C@@H]2CN1c1ncnc2c(C)csc12. The Balaban J connectivity index is 1.75. The number of fused-ring (bicyclic) bond motifs is 2. The molecule has 0 amide bonds. The van der Waals surface area contributed by atoms with E-state index in [0.717, 1.165) is 23.9 Å². The van der Waals surface area contributed by atoms with E-state index in [4.69, 9.17) is 0 Å². The smallest absolute Gasteiger partial charge is 0.150 e. The number of nitrogens with zero attached hydrogens (tertiary/aromatic N) is 4. The van der Waals surface area contributed by atoms with Gasteiger partial charge in [0.25, 0.3) is 0 Å². The summed E-state index contributed by atoms with van der Waals surface area (Å²) in [6.45, 7) is 8.04. The van der Waals surface area contributed by atoms with Gasteiger partial charge in [0.05, 0.1) is 10.2 Å². The molecule has 0 radical (unpaired) electrons. The molecular weight excluding hydrogens is 280 g/mol. The van der Waals surface area contributed by atoms with Crippen LogP contribution >= 0.6 is 11.3 Å². The highest BCUT2D eigenvalue weighted by molar-refractivity contribution is 7.18. The van der Waals surface area contributed by atoms with Crippen LogP contribution in [0.25, 0.3) is 10.2 Å². The predicted molar refractivity (Wildman–Crippen MR) is 88.2 cm³/mol. The lowest BCUT2D eigenvalue weighted by molar-refractivity contribution is 0.194. The lowest BCUT2D eigenvalue weighted by Crippen LogP contribution is -2.56. The van der Waals surface area contributed by atoms with Crippen LogP contribution in [0.2, 0.25) is 0 Å². The van der Waals surface area contributed by atoms with Gasteiger partial charge in [0.2, 0.25) is 0 Å². The molecule has 4 heterocycles. The molecule has 0 aliphatic carbocycles. The summed E-state index contributed by atoms with van der Waals surface area (Å²) in [6, 6.07) is 1.30. The van der Waals surface area contributed by atoms with Crippen molar-refractivity contribution in [1.29, 1.82) is 0 Å². The Morgan fingerprint density at radius 2 is 2.24 bits per heavy atom. The molecule has 0 unspecified atom stereocenters. The maximum absolute atomic E-state index is 4.66. The first-order chi connectivity index (χ1) is 10.3. The molecule has 2 atom stereocenters. The lowest BCUT2D eigenvalue weighted by atomic mass is 10.0. The molecule has 5 heteroatoms. The molecule has 21 heavy (non-hydrogen) atoms. The standard InChI is InChI=1S/C16H22N4S/c1-3-12-7-19-6-4-5-13(19)8-20(12)16-15-14(17-10-18-16)11(2)9-21-15/h9-10,12-13H,3-8H2,1-2H3/t12-,13+/m0/s1. The fourth-order valence-electron chi connectivity index (χ4n) is 3.86. The van der Waals surface area contributed by atoms with Crippen LogP contribution in [0, 0.1) is 6.92 Å². The van der Waals surface area contributed by atoms with Gasteiger partial charge >= 0.3 is 0 Å². The summed E-state index contributed by atoms with van der Waals surface area (Å²) in [6.07, 6.45) is 5.61. The highest BCUT2D eigenvalue weighted by atomic mass is 32.1. The van der Waals surface area contributed by atoms with Crippen LogP contribution in [-0.2, 0) is 0 Å². The molecule has 112 valence electrons. The highest BCUT2D eigenvalue weighted by Crippen LogP contribution is 2.35. The van der Waals surface area contributed by atoms with E-state index in [2.05, 4.69) is 39.0 Å². The van der Waals surface area contributed by atoms with Gasteiger partial charge in [0.1, 0.15) is 12.1 Å². The van der Waals surface area contributed by atoms with E-state index < -0.39 is 0 Å². The summed E-state index contributed by atoms with van der Waals surface area (Å²) >= 11 is 1.79. The number of anilines is 1. The number of thiophene rings is 1. The molecule has 0 spiro atoms. The summed E-state index contributed by atoms with van der Waals surface area (Å²) in [5.41, 5.74) is 2.40. The maximum atomic E-state index is 4.66. The minimum absolute atomic E-state index is 0.583. The third-order valence-corrected chi connectivity index (χ3v) is 6.13. The second-order valence-corrected chi connectivity index (χ2v) is 7.18. The normalized spacial score (nSPS) is 26.5. The average molecular weight is 302 g/mol. The van der Waals surface area contributed by atoms with Gasteiger partial charge in [-0.05, 0) is 43.7 Å². The third-order valence-electron chi connectivity index (χ3n) is 5.05. The monoisotopic (exact) mass is 302 g/mol. The van der Waals surface area contributed by atoms with Gasteiger partial charge in [-0.3, -0.25) is 4.90 Å². The van der Waals surface area contributed by atoms with E-state index in [1.54, 1.807) is 17.7 Å². The Labute approximate surface area is 129 Å². The molecule has 2 saturated heterocycles. The van der Waals surface area contributed by atoms with Crippen LogP contribution in [-0.4, -0.2) is 46.6 Å². The first-order valence-electron chi connectivity index (χ1n) is 7.97. The molecule has 2 aromatic heterocycles. The molecular formula is C16H22N4S. The molecule has 2 aromatic rings. The van der Waals surface area contributed by atoms with Crippen molar-refractivity contribution < 1.29 is 0 Å². The fraction of sp³-hybridized carbons (Fsp3) is 0.625. The van der Waals surface area contributed by atoms with Crippen LogP contribution in [0.15, 0.2) is 11.7 Å². The Hall–Kier alpha value is -1.20. The number of aromatic nitrogens is 2. The Kier molecular flexibility index (Phi) is 3.34. The van der Waals surface area contributed by atoms with Crippen LogP contribution in [0.4, 0.5) is 5.82 Å². The summed E-state index contributed by atoms with van der Waals surface area (Å²) in [4.78, 5) is 14.4. The Bertz CT molecular complexity index is 653. The third kappa shape index (κ3) is 2.14. The Morgan fingerprint density at radius 1 is 1.33 bits per heavy atom. The zero-order valence-corrected chi connectivity index (χ0v) is 13.6. The second-order valence-electron chi connectivity index (χ2n) is 6.30. The topological polar surface area (TPSA) is 32.3 Å². The summed E-state index contributed by atoms with van der Waals surface area (Å²) in [7, 11) is 0. The van der Waals surface area contributed by atoms with Crippen LogP contribution in [0.5, 0.6) is 0 Å². The minimum atomic E-state index is 0.583. The lowest BCUT2D eigenvalue weighted by Gasteiger charge is -2.44. The van der Waals surface area contributed by atoms with Crippen molar-refractivity contribution in [2.24, 2.45) is 0 Å². The van der Waals surface area contributed by atoms with E-state index in [1.807, 2.05) is 0 Å². The second kappa shape index (κ2) is 5.21. The van der Waals surface area contributed by atoms with Crippen LogP contribution in [0.1, 0.15) is 31.7 Å². The zero-order chi connectivity index (χ0) is 14.4. The number of hydrogen-bond donors (Lipinski definition) is 0. The molecule has 2 aliphatic heterocycles. The van der Waals surface area contributed by atoms with Gasteiger partial charge in [-0.25, -0.2) is 9.97 Å². The van der Waals surface area contributed by atoms with Crippen molar-refractivity contribution in [3.63, 3.8) is 0 Å². The summed E-state index contributed by atoms with van der Waals surface area (Å²) in [5, 5.41) is 2.20. The van der Waals surface area contributed by atoms with Gasteiger partial charge in [-0.15, -0.1) is 11.3 Å². The molecule has 2 fully saturated rings. The van der Waals surface area contributed by atoms with E-state index in [1.165, 1.54) is 42.6 Å². The van der Waals surface area contributed by atoms with Gasteiger partial charge in [-0.2, -0.15) is 0 Å². The zero-order valence-electron chi connectivity index (χ0n) is 12.7. The fourth-order valence-corrected chi connectivity index (χ4v) is 4.87. The van der Waals surface area contributed by atoms with E-state index in [9.17, 15) is 0 Å². The largest absolute Gasteiger partial charge is 0.349 e. The number of hydrogen-bond acceptors (Lipinski definition) is 5. The quantitative estimate of drug-likeness (QED) is 0.853. The molecule has 2 aliphatic rings. The number of rotatable bonds is 2. The predicted octanol–water partition coefficient (Wildman–Crippen LogP) is 3.06. The average Bonchev–Trinajstić information content (AvgIpc) is 3.12. The van der Waals surface area contributed by atoms with Crippen molar-refractivity contribution in [2.75, 3.05) is 24.5 Å². The van der Waals surface area contributed by atoms with Gasteiger partial charge in [0, 0.05) is 25.2 Å². The maximum Gasteiger partial charge on any atom is 0.150 e. The van der Waals surface area contributed by atoms with Crippen LogP contribution < -0.4 is 4.90 Å². The van der Waals surface area contributed by atoms with Crippen molar-refractivity contribution in [3.05, 3.63) is 17.3 Å². The number of piperazine rings is 1.